The SMILES string of the molecule is C=Cc1ccnc(N2CCN(C)CC2)c1.CNc1cc2cc(-c3cnn(C)c3)c(F)cc2cn1. The van der Waals surface area contributed by atoms with Gasteiger partial charge in [0.05, 0.1) is 6.20 Å². The predicted molar refractivity (Wildman–Crippen MR) is 137 cm³/mol. The minimum Gasteiger partial charge on any atom is -0.373 e. The summed E-state index contributed by atoms with van der Waals surface area (Å²) >= 11 is 0. The number of likely N-dealkylation sites (N-methyl/N-ethyl adjacent to an activating group) is 1. The van der Waals surface area contributed by atoms with Crippen LogP contribution in [0.4, 0.5) is 16.0 Å². The lowest BCUT2D eigenvalue weighted by atomic mass is 10.0. The third-order valence-corrected chi connectivity index (χ3v) is 5.91. The number of hydrogen-bond donors (Lipinski definition) is 1. The number of piperazine rings is 1. The van der Waals surface area contributed by atoms with Gasteiger partial charge in [-0.05, 0) is 48.3 Å². The van der Waals surface area contributed by atoms with E-state index in [1.54, 1.807) is 30.3 Å². The van der Waals surface area contributed by atoms with Crippen LogP contribution in [-0.4, -0.2) is 64.9 Å². The zero-order valence-electron chi connectivity index (χ0n) is 19.9. The molecule has 0 saturated carbocycles. The maximum atomic E-state index is 14.1. The maximum absolute atomic E-state index is 14.1. The van der Waals surface area contributed by atoms with Crippen molar-refractivity contribution >= 4 is 28.5 Å². The van der Waals surface area contributed by atoms with Crippen LogP contribution < -0.4 is 10.2 Å². The summed E-state index contributed by atoms with van der Waals surface area (Å²) in [6.07, 6.45) is 8.83. The van der Waals surface area contributed by atoms with E-state index in [-0.39, 0.29) is 5.82 Å². The van der Waals surface area contributed by atoms with Gasteiger partial charge in [-0.25, -0.2) is 14.4 Å². The molecule has 5 rings (SSSR count). The van der Waals surface area contributed by atoms with Crippen molar-refractivity contribution in [1.82, 2.24) is 24.6 Å². The molecule has 1 aromatic carbocycles. The number of anilines is 2. The first-order valence-electron chi connectivity index (χ1n) is 11.2. The lowest BCUT2D eigenvalue weighted by molar-refractivity contribution is 0.312. The third kappa shape index (κ3) is 5.40. The average Bonchev–Trinajstić information content (AvgIpc) is 3.30. The van der Waals surface area contributed by atoms with Crippen LogP contribution in [0.3, 0.4) is 0 Å². The van der Waals surface area contributed by atoms with Crippen LogP contribution >= 0.6 is 0 Å². The van der Waals surface area contributed by atoms with Crippen molar-refractivity contribution in [2.45, 2.75) is 0 Å². The summed E-state index contributed by atoms with van der Waals surface area (Å²) < 4.78 is 15.8. The van der Waals surface area contributed by atoms with Crippen LogP contribution in [0.25, 0.3) is 28.0 Å². The van der Waals surface area contributed by atoms with Gasteiger partial charge < -0.3 is 15.1 Å². The Bertz CT molecular complexity index is 1280. The molecule has 0 atom stereocenters. The van der Waals surface area contributed by atoms with Gasteiger partial charge >= 0.3 is 0 Å². The van der Waals surface area contributed by atoms with Crippen molar-refractivity contribution in [1.29, 1.82) is 0 Å². The number of aromatic nitrogens is 4. The number of hydrogen-bond acceptors (Lipinski definition) is 6. The van der Waals surface area contributed by atoms with Crippen molar-refractivity contribution in [2.75, 3.05) is 50.5 Å². The zero-order chi connectivity index (χ0) is 24.1. The molecule has 4 heterocycles. The van der Waals surface area contributed by atoms with Crippen LogP contribution in [0, 0.1) is 5.82 Å². The molecular weight excluding hydrogens is 429 g/mol. The van der Waals surface area contributed by atoms with E-state index in [4.69, 9.17) is 0 Å². The Morgan fingerprint density at radius 1 is 1.00 bits per heavy atom. The molecule has 8 heteroatoms. The van der Waals surface area contributed by atoms with E-state index in [0.717, 1.165) is 59.7 Å². The predicted octanol–water partition coefficient (Wildman–Crippen LogP) is 4.29. The monoisotopic (exact) mass is 459 g/mol. The molecule has 1 N–H and O–H groups in total. The summed E-state index contributed by atoms with van der Waals surface area (Å²) in [4.78, 5) is 13.2. The highest BCUT2D eigenvalue weighted by Gasteiger charge is 2.15. The standard InChI is InChI=1S/C14H13FN4.C12H17N3/c1-16-14-5-9-3-12(11-7-18-19(2)8-11)13(15)4-10(9)6-17-14;1-3-11-4-5-13-12(10-11)15-8-6-14(2)7-9-15/h3-8H,1-2H3,(H,16,17);3-5,10H,1,6-9H2,2H3. The molecule has 0 bridgehead atoms. The summed E-state index contributed by atoms with van der Waals surface area (Å²) in [5.74, 6) is 1.57. The maximum Gasteiger partial charge on any atom is 0.131 e. The lowest BCUT2D eigenvalue weighted by Crippen LogP contribution is -2.44. The lowest BCUT2D eigenvalue weighted by Gasteiger charge is -2.33. The van der Waals surface area contributed by atoms with E-state index in [1.165, 1.54) is 6.07 Å². The van der Waals surface area contributed by atoms with Gasteiger partial charge in [0.2, 0.25) is 0 Å². The second kappa shape index (κ2) is 10.4. The van der Waals surface area contributed by atoms with Gasteiger partial charge in [-0.1, -0.05) is 12.7 Å². The van der Waals surface area contributed by atoms with Crippen molar-refractivity contribution < 1.29 is 4.39 Å². The fourth-order valence-electron chi connectivity index (χ4n) is 3.85. The number of aryl methyl sites for hydroxylation is 1. The Morgan fingerprint density at radius 3 is 2.47 bits per heavy atom. The molecule has 4 aromatic rings. The molecule has 1 saturated heterocycles. The van der Waals surface area contributed by atoms with Crippen LogP contribution in [-0.2, 0) is 7.05 Å². The van der Waals surface area contributed by atoms with E-state index in [0.29, 0.717) is 5.56 Å². The molecule has 0 aliphatic carbocycles. The molecule has 1 fully saturated rings. The Labute approximate surface area is 199 Å². The normalized spacial score (nSPS) is 13.9. The Hall–Kier alpha value is -3.78. The first-order chi connectivity index (χ1) is 16.5. The molecule has 0 radical (unpaired) electrons. The average molecular weight is 460 g/mol. The molecule has 7 nitrogen and oxygen atoms in total. The van der Waals surface area contributed by atoms with Gasteiger partial charge in [0.25, 0.3) is 0 Å². The van der Waals surface area contributed by atoms with Gasteiger partial charge in [-0.3, -0.25) is 4.68 Å². The van der Waals surface area contributed by atoms with Gasteiger partial charge in [-0.2, -0.15) is 5.10 Å². The van der Waals surface area contributed by atoms with Crippen molar-refractivity contribution in [2.24, 2.45) is 7.05 Å². The summed E-state index contributed by atoms with van der Waals surface area (Å²) in [5, 5.41) is 8.77. The van der Waals surface area contributed by atoms with E-state index in [1.807, 2.05) is 37.5 Å². The Balaban J connectivity index is 0.000000166. The molecule has 3 aromatic heterocycles. The molecule has 1 aliphatic rings. The molecule has 176 valence electrons. The largest absolute Gasteiger partial charge is 0.373 e. The van der Waals surface area contributed by atoms with E-state index in [9.17, 15) is 4.39 Å². The molecule has 0 spiro atoms. The fourth-order valence-corrected chi connectivity index (χ4v) is 3.85. The fraction of sp³-hybridized carbons (Fsp3) is 0.269. The van der Waals surface area contributed by atoms with Gasteiger partial charge in [0.15, 0.2) is 0 Å². The molecular formula is C26H30FN7. The minimum absolute atomic E-state index is 0.264. The first-order valence-corrected chi connectivity index (χ1v) is 11.2. The highest BCUT2D eigenvalue weighted by atomic mass is 19.1. The number of nitrogens with one attached hydrogen (secondary N) is 1. The second-order valence-electron chi connectivity index (χ2n) is 8.34. The van der Waals surface area contributed by atoms with Crippen LogP contribution in [0.15, 0.2) is 61.7 Å². The summed E-state index contributed by atoms with van der Waals surface area (Å²) in [6, 6.07) is 9.30. The number of fused-ring (bicyclic) bond motifs is 1. The summed E-state index contributed by atoms with van der Waals surface area (Å²) in [6.45, 7) is 8.12. The number of rotatable bonds is 4. The smallest absolute Gasteiger partial charge is 0.131 e. The highest BCUT2D eigenvalue weighted by molar-refractivity contribution is 5.88. The van der Waals surface area contributed by atoms with Gasteiger partial charge in [0.1, 0.15) is 17.5 Å². The molecule has 0 amide bonds. The van der Waals surface area contributed by atoms with Crippen molar-refractivity contribution in [3.8, 4) is 11.1 Å². The van der Waals surface area contributed by atoms with E-state index < -0.39 is 0 Å². The number of benzene rings is 1. The molecule has 0 unspecified atom stereocenters. The van der Waals surface area contributed by atoms with E-state index >= 15 is 0 Å². The van der Waals surface area contributed by atoms with Crippen LogP contribution in [0.1, 0.15) is 5.56 Å². The third-order valence-electron chi connectivity index (χ3n) is 5.91. The number of pyridine rings is 2. The van der Waals surface area contributed by atoms with Crippen molar-refractivity contribution in [3.05, 3.63) is 73.1 Å². The molecule has 1 aliphatic heterocycles. The summed E-state index contributed by atoms with van der Waals surface area (Å²) in [7, 11) is 5.77. The Kier molecular flexibility index (Phi) is 7.18. The number of halogens is 1. The quantitative estimate of drug-likeness (QED) is 0.491. The van der Waals surface area contributed by atoms with Crippen LogP contribution in [0.2, 0.25) is 0 Å². The minimum atomic E-state index is -0.264. The first kappa shape index (κ1) is 23.4. The van der Waals surface area contributed by atoms with Crippen molar-refractivity contribution in [3.63, 3.8) is 0 Å². The van der Waals surface area contributed by atoms with Gasteiger partial charge in [0, 0.05) is 75.4 Å². The second-order valence-corrected chi connectivity index (χ2v) is 8.34. The topological polar surface area (TPSA) is 62.1 Å². The van der Waals surface area contributed by atoms with Crippen LogP contribution in [0.5, 0.6) is 0 Å². The zero-order valence-corrected chi connectivity index (χ0v) is 19.9. The molecule has 34 heavy (non-hydrogen) atoms. The van der Waals surface area contributed by atoms with E-state index in [2.05, 4.69) is 49.9 Å². The summed E-state index contributed by atoms with van der Waals surface area (Å²) in [5.41, 5.74) is 2.46. The Morgan fingerprint density at radius 2 is 1.79 bits per heavy atom. The van der Waals surface area contributed by atoms with Gasteiger partial charge in [-0.15, -0.1) is 0 Å². The highest BCUT2D eigenvalue weighted by Crippen LogP contribution is 2.28. The number of nitrogens with zero attached hydrogens (tertiary/aromatic N) is 6.